The average molecular weight is 499 g/mol. The van der Waals surface area contributed by atoms with Crippen molar-refractivity contribution in [2.45, 2.75) is 32.9 Å². The molecule has 0 unspecified atom stereocenters. The molecule has 0 radical (unpaired) electrons. The molecular formula is C20H29N5O10. The van der Waals surface area contributed by atoms with Gasteiger partial charge in [-0.2, -0.15) is 0 Å². The molecule has 0 heterocycles. The van der Waals surface area contributed by atoms with Crippen LogP contribution in [0, 0.1) is 26.1 Å². The Morgan fingerprint density at radius 2 is 1.66 bits per heavy atom. The fourth-order valence-corrected chi connectivity index (χ4v) is 2.69. The van der Waals surface area contributed by atoms with E-state index in [4.69, 9.17) is 14.6 Å². The Labute approximate surface area is 200 Å². The number of nitro groups is 2. The number of hydrogen-bond donors (Lipinski definition) is 4. The van der Waals surface area contributed by atoms with E-state index in [9.17, 15) is 34.6 Å². The number of anilines is 1. The molecule has 194 valence electrons. The van der Waals surface area contributed by atoms with Crippen LogP contribution in [0.2, 0.25) is 0 Å². The molecule has 1 aromatic carbocycles. The van der Waals surface area contributed by atoms with Gasteiger partial charge < -0.3 is 30.5 Å². The minimum atomic E-state index is -1.20. The van der Waals surface area contributed by atoms with Gasteiger partial charge in [0.1, 0.15) is 24.4 Å². The van der Waals surface area contributed by atoms with Crippen molar-refractivity contribution in [3.8, 4) is 0 Å². The minimum absolute atomic E-state index is 0.0552. The van der Waals surface area contributed by atoms with Gasteiger partial charge in [-0.3, -0.25) is 34.6 Å². The fourth-order valence-electron chi connectivity index (χ4n) is 2.69. The van der Waals surface area contributed by atoms with Crippen molar-refractivity contribution in [1.82, 2.24) is 10.6 Å². The van der Waals surface area contributed by atoms with Gasteiger partial charge in [0.25, 0.3) is 11.4 Å². The second-order valence-corrected chi connectivity index (χ2v) is 7.67. The summed E-state index contributed by atoms with van der Waals surface area (Å²) in [6, 6.07) is 1.22. The summed E-state index contributed by atoms with van der Waals surface area (Å²) < 4.78 is 10.5. The molecule has 15 nitrogen and oxygen atoms in total. The number of hydrogen-bond acceptors (Lipinski definition) is 10. The predicted molar refractivity (Wildman–Crippen MR) is 122 cm³/mol. The molecule has 0 aliphatic carbocycles. The highest BCUT2D eigenvalue weighted by molar-refractivity contribution is 5.90. The quantitative estimate of drug-likeness (QED) is 0.141. The van der Waals surface area contributed by atoms with Crippen LogP contribution in [0.4, 0.5) is 17.1 Å². The molecule has 0 aliphatic rings. The van der Waals surface area contributed by atoms with Gasteiger partial charge in [0.15, 0.2) is 0 Å². The smallest absolute Gasteiger partial charge is 0.325 e. The van der Waals surface area contributed by atoms with Crippen LogP contribution in [0.1, 0.15) is 20.8 Å². The third kappa shape index (κ3) is 10.3. The number of aliphatic carboxylic acids is 1. The number of carbonyl (C=O) groups excluding carboxylic acids is 2. The number of carboxylic acid groups (broad SMARTS) is 1. The van der Waals surface area contributed by atoms with Crippen molar-refractivity contribution in [2.24, 2.45) is 5.92 Å². The monoisotopic (exact) mass is 499 g/mol. The molecule has 0 spiro atoms. The predicted octanol–water partition coefficient (Wildman–Crippen LogP) is 0.678. The molecule has 0 saturated heterocycles. The Bertz CT molecular complexity index is 924. The van der Waals surface area contributed by atoms with Gasteiger partial charge in [-0.15, -0.1) is 0 Å². The van der Waals surface area contributed by atoms with Crippen LogP contribution in [-0.4, -0.2) is 77.8 Å². The van der Waals surface area contributed by atoms with Crippen LogP contribution < -0.4 is 16.0 Å². The van der Waals surface area contributed by atoms with Crippen molar-refractivity contribution in [3.05, 3.63) is 38.4 Å². The van der Waals surface area contributed by atoms with Gasteiger partial charge in [-0.25, -0.2) is 0 Å². The number of carboxylic acids is 1. The molecule has 1 rings (SSSR count). The molecule has 2 atom stereocenters. The summed E-state index contributed by atoms with van der Waals surface area (Å²) in [5.74, 6) is -2.67. The van der Waals surface area contributed by atoms with Crippen LogP contribution in [0.15, 0.2) is 18.2 Å². The first-order valence-corrected chi connectivity index (χ1v) is 10.6. The Hall–Kier alpha value is -3.85. The number of carbonyl (C=O) groups is 3. The third-order valence-corrected chi connectivity index (χ3v) is 4.55. The van der Waals surface area contributed by atoms with Crippen molar-refractivity contribution >= 4 is 34.8 Å². The van der Waals surface area contributed by atoms with Crippen molar-refractivity contribution in [1.29, 1.82) is 0 Å². The Balaban J connectivity index is 2.32. The standard InChI is InChI=1S/C20H29N5O10/c1-12(2)18(19(27)22-13(3)20(28)29)23-17(26)11-35-9-8-34-7-6-21-15-5-4-14(24(30)31)10-16(15)25(32)33/h4-5,10,12-13,18,21H,6-9,11H2,1-3H3,(H,22,27)(H,23,26)(H,28,29)/t13-,18-/m0/s1. The second-order valence-electron chi connectivity index (χ2n) is 7.67. The molecule has 0 aromatic heterocycles. The number of nitrogens with zero attached hydrogens (tertiary/aromatic N) is 2. The molecule has 0 bridgehead atoms. The SMILES string of the molecule is CC(C)[C@H](NC(=O)COCCOCCNc1ccc([N+](=O)[O-])cc1[N+](=O)[O-])C(=O)N[C@@H](C)C(=O)O. The number of amides is 2. The summed E-state index contributed by atoms with van der Waals surface area (Å²) in [5.41, 5.74) is -0.715. The van der Waals surface area contributed by atoms with Crippen LogP contribution in [0.25, 0.3) is 0 Å². The van der Waals surface area contributed by atoms with Crippen LogP contribution >= 0.6 is 0 Å². The fraction of sp³-hybridized carbons (Fsp3) is 0.550. The van der Waals surface area contributed by atoms with Gasteiger partial charge >= 0.3 is 5.97 Å². The van der Waals surface area contributed by atoms with Crippen molar-refractivity contribution < 1.29 is 38.8 Å². The van der Waals surface area contributed by atoms with Gasteiger partial charge in [0, 0.05) is 12.6 Å². The normalized spacial score (nSPS) is 12.5. The topological polar surface area (TPSA) is 212 Å². The maximum absolute atomic E-state index is 12.2. The zero-order valence-corrected chi connectivity index (χ0v) is 19.5. The summed E-state index contributed by atoms with van der Waals surface area (Å²) in [6.45, 7) is 4.85. The highest BCUT2D eigenvalue weighted by Crippen LogP contribution is 2.28. The first-order chi connectivity index (χ1) is 16.4. The molecule has 0 saturated carbocycles. The maximum atomic E-state index is 12.2. The van der Waals surface area contributed by atoms with E-state index >= 15 is 0 Å². The molecule has 1 aromatic rings. The number of non-ortho nitro benzene ring substituents is 1. The highest BCUT2D eigenvalue weighted by Gasteiger charge is 2.26. The highest BCUT2D eigenvalue weighted by atomic mass is 16.6. The van der Waals surface area contributed by atoms with Crippen molar-refractivity contribution in [3.63, 3.8) is 0 Å². The summed E-state index contributed by atoms with van der Waals surface area (Å²) >= 11 is 0. The van der Waals surface area contributed by atoms with E-state index in [2.05, 4.69) is 16.0 Å². The van der Waals surface area contributed by atoms with E-state index < -0.39 is 51.1 Å². The molecule has 15 heteroatoms. The van der Waals surface area contributed by atoms with E-state index in [1.165, 1.54) is 13.0 Å². The van der Waals surface area contributed by atoms with Gasteiger partial charge in [-0.05, 0) is 18.9 Å². The second kappa shape index (κ2) is 14.4. The Kier molecular flexibility index (Phi) is 12.0. The minimum Gasteiger partial charge on any atom is -0.480 e. The zero-order valence-electron chi connectivity index (χ0n) is 19.5. The number of rotatable bonds is 16. The summed E-state index contributed by atoms with van der Waals surface area (Å²) in [7, 11) is 0. The molecule has 0 aliphatic heterocycles. The lowest BCUT2D eigenvalue weighted by molar-refractivity contribution is -0.393. The Morgan fingerprint density at radius 1 is 1.00 bits per heavy atom. The zero-order chi connectivity index (χ0) is 26.5. The molecule has 4 N–H and O–H groups in total. The van der Waals surface area contributed by atoms with E-state index in [0.717, 1.165) is 12.1 Å². The summed E-state index contributed by atoms with van der Waals surface area (Å²) in [4.78, 5) is 55.5. The lowest BCUT2D eigenvalue weighted by Crippen LogP contribution is -2.53. The van der Waals surface area contributed by atoms with E-state index in [1.54, 1.807) is 13.8 Å². The molecule has 2 amide bonds. The maximum Gasteiger partial charge on any atom is 0.325 e. The van der Waals surface area contributed by atoms with E-state index in [0.29, 0.717) is 0 Å². The first kappa shape index (κ1) is 29.2. The Morgan fingerprint density at radius 3 is 2.23 bits per heavy atom. The number of benzene rings is 1. The number of ether oxygens (including phenoxy) is 2. The van der Waals surface area contributed by atoms with Crippen LogP contribution in [0.5, 0.6) is 0 Å². The molecule has 0 fully saturated rings. The van der Waals surface area contributed by atoms with Crippen LogP contribution in [0.3, 0.4) is 0 Å². The first-order valence-electron chi connectivity index (χ1n) is 10.6. The number of nitrogens with one attached hydrogen (secondary N) is 3. The summed E-state index contributed by atoms with van der Waals surface area (Å²) in [6.07, 6.45) is 0. The molecular weight excluding hydrogens is 470 g/mol. The molecule has 35 heavy (non-hydrogen) atoms. The lowest BCUT2D eigenvalue weighted by Gasteiger charge is -2.22. The lowest BCUT2D eigenvalue weighted by atomic mass is 10.0. The van der Waals surface area contributed by atoms with Gasteiger partial charge in [0.2, 0.25) is 11.8 Å². The van der Waals surface area contributed by atoms with Crippen molar-refractivity contribution in [2.75, 3.05) is 38.3 Å². The number of nitro benzene ring substituents is 2. The average Bonchev–Trinajstić information content (AvgIpc) is 2.78. The van der Waals surface area contributed by atoms with E-state index in [-0.39, 0.29) is 44.6 Å². The van der Waals surface area contributed by atoms with Gasteiger partial charge in [0.05, 0.1) is 35.7 Å². The van der Waals surface area contributed by atoms with Crippen LogP contribution in [-0.2, 0) is 23.9 Å². The summed E-state index contributed by atoms with van der Waals surface area (Å²) in [5, 5.41) is 38.3. The largest absolute Gasteiger partial charge is 0.480 e. The third-order valence-electron chi connectivity index (χ3n) is 4.55. The van der Waals surface area contributed by atoms with E-state index in [1.807, 2.05) is 0 Å². The van der Waals surface area contributed by atoms with Gasteiger partial charge in [-0.1, -0.05) is 13.8 Å².